The standard InChI is InChI=1S/C18H18FN5O/c1-12-2-4-21-17-3-6-24-18(23-17)16(11-22-24)13-8-14(19)10-15(9-13)25-7-5-20-12/h3,6,8-11H,2,4-5,7H2,1H3,(H,21,23). The lowest BCUT2D eigenvalue weighted by atomic mass is 10.1. The maximum Gasteiger partial charge on any atom is 0.165 e. The molecule has 4 rings (SSSR count). The van der Waals surface area contributed by atoms with Crippen LogP contribution in [0, 0.1) is 5.82 Å². The first-order chi connectivity index (χ1) is 12.2. The summed E-state index contributed by atoms with van der Waals surface area (Å²) in [6.45, 7) is 3.68. The Balaban J connectivity index is 1.82. The second kappa shape index (κ2) is 6.51. The lowest BCUT2D eigenvalue weighted by molar-refractivity contribution is 0.327. The second-order valence-corrected chi connectivity index (χ2v) is 5.96. The highest BCUT2D eigenvalue weighted by Crippen LogP contribution is 2.28. The van der Waals surface area contributed by atoms with Gasteiger partial charge in [-0.3, -0.25) is 4.99 Å². The molecule has 1 N–H and O–H groups in total. The number of nitrogens with one attached hydrogen (secondary N) is 1. The largest absolute Gasteiger partial charge is 0.492 e. The van der Waals surface area contributed by atoms with Crippen LogP contribution in [-0.2, 0) is 0 Å². The number of fused-ring (bicyclic) bond motifs is 4. The van der Waals surface area contributed by atoms with Crippen molar-refractivity contribution in [3.05, 3.63) is 42.5 Å². The molecule has 3 heterocycles. The Labute approximate surface area is 144 Å². The summed E-state index contributed by atoms with van der Waals surface area (Å²) in [4.78, 5) is 9.10. The summed E-state index contributed by atoms with van der Waals surface area (Å²) in [7, 11) is 0. The summed E-state index contributed by atoms with van der Waals surface area (Å²) in [6, 6.07) is 6.52. The minimum atomic E-state index is -0.356. The highest BCUT2D eigenvalue weighted by Gasteiger charge is 2.12. The smallest absolute Gasteiger partial charge is 0.165 e. The maximum absolute atomic E-state index is 14.0. The second-order valence-electron chi connectivity index (χ2n) is 5.96. The Bertz CT molecular complexity index is 950. The molecule has 25 heavy (non-hydrogen) atoms. The van der Waals surface area contributed by atoms with Crippen LogP contribution in [0.5, 0.6) is 5.75 Å². The zero-order valence-corrected chi connectivity index (χ0v) is 13.9. The predicted octanol–water partition coefficient (Wildman–Crippen LogP) is 3.19. The number of anilines is 1. The van der Waals surface area contributed by atoms with Crippen LogP contribution in [0.4, 0.5) is 10.2 Å². The van der Waals surface area contributed by atoms with Crippen LogP contribution in [0.2, 0.25) is 0 Å². The fourth-order valence-corrected chi connectivity index (χ4v) is 2.82. The molecular weight excluding hydrogens is 321 g/mol. The zero-order chi connectivity index (χ0) is 17.2. The van der Waals surface area contributed by atoms with Crippen LogP contribution in [0.25, 0.3) is 16.8 Å². The summed E-state index contributed by atoms with van der Waals surface area (Å²) in [5.74, 6) is 0.876. The summed E-state index contributed by atoms with van der Waals surface area (Å²) in [5, 5.41) is 7.60. The number of rotatable bonds is 0. The molecule has 2 aromatic heterocycles. The Kier molecular flexibility index (Phi) is 4.05. The van der Waals surface area contributed by atoms with Crippen molar-refractivity contribution < 1.29 is 9.13 Å². The van der Waals surface area contributed by atoms with Gasteiger partial charge in [-0.25, -0.2) is 13.9 Å². The molecule has 0 saturated heterocycles. The first-order valence-electron chi connectivity index (χ1n) is 8.21. The van der Waals surface area contributed by atoms with Gasteiger partial charge >= 0.3 is 0 Å². The van der Waals surface area contributed by atoms with E-state index in [-0.39, 0.29) is 5.82 Å². The summed E-state index contributed by atoms with van der Waals surface area (Å²) in [5.41, 5.74) is 3.15. The molecule has 0 amide bonds. The van der Waals surface area contributed by atoms with Gasteiger partial charge in [-0.15, -0.1) is 0 Å². The molecule has 3 aromatic rings. The Morgan fingerprint density at radius 2 is 2.20 bits per heavy atom. The van der Waals surface area contributed by atoms with Crippen LogP contribution < -0.4 is 10.1 Å². The summed E-state index contributed by atoms with van der Waals surface area (Å²) < 4.78 is 21.4. The minimum Gasteiger partial charge on any atom is -0.492 e. The average molecular weight is 339 g/mol. The van der Waals surface area contributed by atoms with E-state index in [4.69, 9.17) is 4.74 Å². The number of hydrogen-bond acceptors (Lipinski definition) is 5. The average Bonchev–Trinajstić information content (AvgIpc) is 3.01. The van der Waals surface area contributed by atoms with Crippen molar-refractivity contribution in [1.82, 2.24) is 14.6 Å². The van der Waals surface area contributed by atoms with Crippen molar-refractivity contribution in [2.75, 3.05) is 25.0 Å². The quantitative estimate of drug-likeness (QED) is 0.683. The lowest BCUT2D eigenvalue weighted by Crippen LogP contribution is -2.09. The molecule has 0 fully saturated rings. The molecule has 6 nitrogen and oxygen atoms in total. The highest BCUT2D eigenvalue weighted by atomic mass is 19.1. The third-order valence-electron chi connectivity index (χ3n) is 4.09. The van der Waals surface area contributed by atoms with E-state index in [0.717, 1.165) is 30.1 Å². The number of nitrogens with zero attached hydrogens (tertiary/aromatic N) is 4. The van der Waals surface area contributed by atoms with Gasteiger partial charge in [0.25, 0.3) is 0 Å². The van der Waals surface area contributed by atoms with E-state index in [1.807, 2.05) is 19.2 Å². The third-order valence-corrected chi connectivity index (χ3v) is 4.09. The third kappa shape index (κ3) is 3.31. The number of aliphatic imine (C=N–C) groups is 1. The molecule has 7 heteroatoms. The number of halogens is 1. The van der Waals surface area contributed by atoms with E-state index >= 15 is 0 Å². The van der Waals surface area contributed by atoms with Crippen LogP contribution >= 0.6 is 0 Å². The van der Waals surface area contributed by atoms with E-state index in [1.54, 1.807) is 16.8 Å². The van der Waals surface area contributed by atoms with Crippen molar-refractivity contribution >= 4 is 17.2 Å². The van der Waals surface area contributed by atoms with Crippen molar-refractivity contribution in [1.29, 1.82) is 0 Å². The van der Waals surface area contributed by atoms with Gasteiger partial charge in [0.2, 0.25) is 0 Å². The van der Waals surface area contributed by atoms with Crippen molar-refractivity contribution in [2.24, 2.45) is 4.99 Å². The molecule has 0 spiro atoms. The van der Waals surface area contributed by atoms with Gasteiger partial charge in [0.05, 0.1) is 12.7 Å². The fraction of sp³-hybridized carbons (Fsp3) is 0.278. The number of benzene rings is 1. The fourth-order valence-electron chi connectivity index (χ4n) is 2.82. The Hall–Kier alpha value is -2.96. The number of aromatic nitrogens is 3. The molecule has 0 atom stereocenters. The van der Waals surface area contributed by atoms with Crippen LogP contribution in [0.3, 0.4) is 0 Å². The molecule has 0 saturated carbocycles. The number of hydrogen-bond donors (Lipinski definition) is 1. The zero-order valence-electron chi connectivity index (χ0n) is 13.9. The van der Waals surface area contributed by atoms with E-state index in [0.29, 0.717) is 30.1 Å². The highest BCUT2D eigenvalue weighted by molar-refractivity contribution is 5.82. The molecule has 4 bridgehead atoms. The summed E-state index contributed by atoms with van der Waals surface area (Å²) in [6.07, 6.45) is 4.35. The first kappa shape index (κ1) is 15.6. The van der Waals surface area contributed by atoms with Gasteiger partial charge in [-0.1, -0.05) is 0 Å². The van der Waals surface area contributed by atoms with E-state index < -0.39 is 0 Å². The van der Waals surface area contributed by atoms with E-state index in [9.17, 15) is 4.39 Å². The van der Waals surface area contributed by atoms with E-state index in [2.05, 4.69) is 20.4 Å². The van der Waals surface area contributed by atoms with Gasteiger partial charge in [0, 0.05) is 36.5 Å². The topological polar surface area (TPSA) is 63.8 Å². The first-order valence-corrected chi connectivity index (χ1v) is 8.21. The molecule has 1 aromatic carbocycles. The molecule has 0 aliphatic carbocycles. The SMILES string of the molecule is CC1=NCCOc2cc(F)cc(c2)-c2cnn3ccc(nc23)NCC1. The molecule has 1 aliphatic heterocycles. The van der Waals surface area contributed by atoms with Crippen LogP contribution in [0.1, 0.15) is 13.3 Å². The Morgan fingerprint density at radius 3 is 3.12 bits per heavy atom. The van der Waals surface area contributed by atoms with Crippen LogP contribution in [-0.4, -0.2) is 40.0 Å². The van der Waals surface area contributed by atoms with Crippen molar-refractivity contribution in [3.8, 4) is 16.9 Å². The summed E-state index contributed by atoms with van der Waals surface area (Å²) >= 11 is 0. The van der Waals surface area contributed by atoms with Gasteiger partial charge in [-0.2, -0.15) is 5.10 Å². The normalized spacial score (nSPS) is 15.0. The van der Waals surface area contributed by atoms with Gasteiger partial charge in [-0.05, 0) is 30.7 Å². The lowest BCUT2D eigenvalue weighted by Gasteiger charge is -2.07. The van der Waals surface area contributed by atoms with Crippen LogP contribution in [0.15, 0.2) is 41.7 Å². The van der Waals surface area contributed by atoms with Gasteiger partial charge in [0.15, 0.2) is 5.65 Å². The molecule has 128 valence electrons. The Morgan fingerprint density at radius 1 is 1.28 bits per heavy atom. The predicted molar refractivity (Wildman–Crippen MR) is 95.0 cm³/mol. The number of ether oxygens (including phenoxy) is 1. The van der Waals surface area contributed by atoms with Crippen molar-refractivity contribution in [3.63, 3.8) is 0 Å². The molecular formula is C18H18FN5O. The molecule has 0 unspecified atom stereocenters. The van der Waals surface area contributed by atoms with E-state index in [1.165, 1.54) is 12.1 Å². The molecule has 1 aliphatic rings. The minimum absolute atomic E-state index is 0.356. The maximum atomic E-state index is 14.0. The van der Waals surface area contributed by atoms with Crippen molar-refractivity contribution in [2.45, 2.75) is 13.3 Å². The van der Waals surface area contributed by atoms with Gasteiger partial charge < -0.3 is 10.1 Å². The van der Waals surface area contributed by atoms with Gasteiger partial charge in [0.1, 0.15) is 24.0 Å². The monoisotopic (exact) mass is 339 g/mol. The molecule has 0 radical (unpaired) electrons.